The fraction of sp³-hybridized carbons (Fsp3) is 0.308. The third-order valence-electron chi connectivity index (χ3n) is 5.54. The van der Waals surface area contributed by atoms with E-state index in [2.05, 4.69) is 5.32 Å². The molecule has 6 heteroatoms. The Hall–Kier alpha value is -3.05. The lowest BCUT2D eigenvalue weighted by Gasteiger charge is -2.29. The van der Waals surface area contributed by atoms with Crippen LogP contribution in [0.25, 0.3) is 10.8 Å². The van der Waals surface area contributed by atoms with Gasteiger partial charge < -0.3 is 15.0 Å². The van der Waals surface area contributed by atoms with Crippen LogP contribution in [0.4, 0.5) is 0 Å². The molecule has 0 aliphatic carbocycles. The van der Waals surface area contributed by atoms with E-state index in [-0.39, 0.29) is 31.0 Å². The summed E-state index contributed by atoms with van der Waals surface area (Å²) < 4.78 is 5.91. The molecule has 1 N–H and O–H groups in total. The van der Waals surface area contributed by atoms with Crippen molar-refractivity contribution in [1.29, 1.82) is 0 Å². The molecule has 0 bridgehead atoms. The Kier molecular flexibility index (Phi) is 8.12. The molecule has 32 heavy (non-hydrogen) atoms. The lowest BCUT2D eigenvalue weighted by atomic mass is 10.1. The first-order valence-electron chi connectivity index (χ1n) is 10.8. The van der Waals surface area contributed by atoms with Crippen molar-refractivity contribution in [3.63, 3.8) is 0 Å². The average molecular weight is 453 g/mol. The number of hydrogen-bond acceptors (Lipinski definition) is 3. The number of nitrogens with one attached hydrogen (secondary N) is 1. The van der Waals surface area contributed by atoms with Gasteiger partial charge in [-0.05, 0) is 49.4 Å². The van der Waals surface area contributed by atoms with Gasteiger partial charge in [0, 0.05) is 23.0 Å². The maximum Gasteiger partial charge on any atom is 0.261 e. The number of nitrogens with zero attached hydrogens (tertiary/aromatic N) is 1. The SMILES string of the molecule is CC[C@H](C)NC(=O)[C@H](C)N(Cc1ccc(Cl)cc1)C(=O)COc1cccc2ccccc12. The molecule has 0 radical (unpaired) electrons. The minimum absolute atomic E-state index is 0.0318. The molecule has 0 aliphatic heterocycles. The van der Waals surface area contributed by atoms with Crippen LogP contribution < -0.4 is 10.1 Å². The maximum absolute atomic E-state index is 13.2. The summed E-state index contributed by atoms with van der Waals surface area (Å²) in [5, 5.41) is 5.56. The van der Waals surface area contributed by atoms with Crippen LogP contribution in [0.3, 0.4) is 0 Å². The minimum Gasteiger partial charge on any atom is -0.483 e. The fourth-order valence-electron chi connectivity index (χ4n) is 3.38. The summed E-state index contributed by atoms with van der Waals surface area (Å²) in [6, 6.07) is 20.2. The zero-order chi connectivity index (χ0) is 23.1. The van der Waals surface area contributed by atoms with Crippen LogP contribution in [-0.4, -0.2) is 35.4 Å². The van der Waals surface area contributed by atoms with Gasteiger partial charge in [-0.3, -0.25) is 9.59 Å². The molecule has 0 fully saturated rings. The molecule has 0 unspecified atom stereocenters. The molecule has 2 amide bonds. The van der Waals surface area contributed by atoms with Crippen molar-refractivity contribution in [1.82, 2.24) is 10.2 Å². The Morgan fingerprint density at radius 1 is 1.00 bits per heavy atom. The van der Waals surface area contributed by atoms with Crippen molar-refractivity contribution in [2.24, 2.45) is 0 Å². The van der Waals surface area contributed by atoms with Crippen LogP contribution in [0.1, 0.15) is 32.8 Å². The number of carbonyl (C=O) groups is 2. The Bertz CT molecular complexity index is 1060. The molecule has 3 rings (SSSR count). The number of ether oxygens (including phenoxy) is 1. The summed E-state index contributed by atoms with van der Waals surface area (Å²) >= 11 is 6.00. The number of amides is 2. The van der Waals surface area contributed by atoms with E-state index in [1.165, 1.54) is 0 Å². The van der Waals surface area contributed by atoms with Gasteiger partial charge in [0.1, 0.15) is 11.8 Å². The first-order valence-corrected chi connectivity index (χ1v) is 11.2. The van der Waals surface area contributed by atoms with E-state index in [1.54, 1.807) is 24.0 Å². The normalized spacial score (nSPS) is 12.8. The molecular weight excluding hydrogens is 424 g/mol. The highest BCUT2D eigenvalue weighted by atomic mass is 35.5. The highest BCUT2D eigenvalue weighted by molar-refractivity contribution is 6.30. The molecule has 0 spiro atoms. The molecule has 0 aromatic heterocycles. The number of carbonyl (C=O) groups excluding carboxylic acids is 2. The van der Waals surface area contributed by atoms with Crippen LogP contribution in [0.2, 0.25) is 5.02 Å². The molecule has 0 heterocycles. The Morgan fingerprint density at radius 3 is 2.41 bits per heavy atom. The van der Waals surface area contributed by atoms with Crippen molar-refractivity contribution in [3.05, 3.63) is 77.3 Å². The van der Waals surface area contributed by atoms with Crippen molar-refractivity contribution in [3.8, 4) is 5.75 Å². The molecule has 5 nitrogen and oxygen atoms in total. The second-order valence-electron chi connectivity index (χ2n) is 7.91. The van der Waals surface area contributed by atoms with Crippen LogP contribution in [-0.2, 0) is 16.1 Å². The van der Waals surface area contributed by atoms with E-state index in [0.29, 0.717) is 10.8 Å². The van der Waals surface area contributed by atoms with Gasteiger partial charge in [-0.1, -0.05) is 67.1 Å². The van der Waals surface area contributed by atoms with Gasteiger partial charge in [-0.2, -0.15) is 0 Å². The molecule has 3 aromatic rings. The molecular formula is C26H29ClN2O3. The van der Waals surface area contributed by atoms with Crippen molar-refractivity contribution >= 4 is 34.2 Å². The number of hydrogen-bond donors (Lipinski definition) is 1. The molecule has 3 aromatic carbocycles. The maximum atomic E-state index is 13.2. The van der Waals surface area contributed by atoms with E-state index in [1.807, 2.05) is 68.4 Å². The van der Waals surface area contributed by atoms with Gasteiger partial charge in [0.05, 0.1) is 0 Å². The van der Waals surface area contributed by atoms with E-state index in [0.717, 1.165) is 22.8 Å². The zero-order valence-electron chi connectivity index (χ0n) is 18.7. The molecule has 2 atom stereocenters. The lowest BCUT2D eigenvalue weighted by molar-refractivity contribution is -0.142. The zero-order valence-corrected chi connectivity index (χ0v) is 19.4. The molecule has 0 aliphatic rings. The van der Waals surface area contributed by atoms with Crippen LogP contribution in [0.5, 0.6) is 5.75 Å². The van der Waals surface area contributed by atoms with Crippen LogP contribution in [0.15, 0.2) is 66.7 Å². The van der Waals surface area contributed by atoms with Gasteiger partial charge in [0.2, 0.25) is 5.91 Å². The smallest absolute Gasteiger partial charge is 0.261 e. The quantitative estimate of drug-likeness (QED) is 0.485. The van der Waals surface area contributed by atoms with E-state index < -0.39 is 6.04 Å². The van der Waals surface area contributed by atoms with Crippen LogP contribution in [0, 0.1) is 0 Å². The van der Waals surface area contributed by atoms with Gasteiger partial charge in [-0.15, -0.1) is 0 Å². The highest BCUT2D eigenvalue weighted by Gasteiger charge is 2.27. The minimum atomic E-state index is -0.650. The van der Waals surface area contributed by atoms with Gasteiger partial charge in [0.25, 0.3) is 5.91 Å². The lowest BCUT2D eigenvalue weighted by Crippen LogP contribution is -2.50. The summed E-state index contributed by atoms with van der Waals surface area (Å²) in [7, 11) is 0. The van der Waals surface area contributed by atoms with Crippen molar-refractivity contribution < 1.29 is 14.3 Å². The molecule has 168 valence electrons. The van der Waals surface area contributed by atoms with E-state index in [4.69, 9.17) is 16.3 Å². The summed E-state index contributed by atoms with van der Waals surface area (Å²) in [6.45, 7) is 5.81. The number of fused-ring (bicyclic) bond motifs is 1. The van der Waals surface area contributed by atoms with Gasteiger partial charge in [-0.25, -0.2) is 0 Å². The second-order valence-corrected chi connectivity index (χ2v) is 8.34. The summed E-state index contributed by atoms with van der Waals surface area (Å²) in [5.74, 6) is 0.186. The van der Waals surface area contributed by atoms with Crippen molar-refractivity contribution in [2.45, 2.75) is 45.8 Å². The standard InChI is InChI=1S/C26H29ClN2O3/c1-4-18(2)28-26(31)19(3)29(16-20-12-14-22(27)15-13-20)25(30)17-32-24-11-7-9-21-8-5-6-10-23(21)24/h5-15,18-19H,4,16-17H2,1-3H3,(H,28,31)/t18-,19-/m0/s1. The number of rotatable bonds is 9. The third kappa shape index (κ3) is 6.01. The Balaban J connectivity index is 1.78. The highest BCUT2D eigenvalue weighted by Crippen LogP contribution is 2.25. The summed E-state index contributed by atoms with van der Waals surface area (Å²) in [4.78, 5) is 27.6. The predicted octanol–water partition coefficient (Wildman–Crippen LogP) is 5.20. The Morgan fingerprint density at radius 2 is 1.69 bits per heavy atom. The third-order valence-corrected chi connectivity index (χ3v) is 5.79. The largest absolute Gasteiger partial charge is 0.483 e. The van der Waals surface area contributed by atoms with E-state index >= 15 is 0 Å². The van der Waals surface area contributed by atoms with Gasteiger partial charge >= 0.3 is 0 Å². The van der Waals surface area contributed by atoms with Crippen molar-refractivity contribution in [2.75, 3.05) is 6.61 Å². The van der Waals surface area contributed by atoms with E-state index in [9.17, 15) is 9.59 Å². The predicted molar refractivity (Wildman–Crippen MR) is 129 cm³/mol. The summed E-state index contributed by atoms with van der Waals surface area (Å²) in [5.41, 5.74) is 0.885. The molecule has 0 saturated carbocycles. The number of benzene rings is 3. The second kappa shape index (κ2) is 11.0. The van der Waals surface area contributed by atoms with Crippen LogP contribution >= 0.6 is 11.6 Å². The number of halogens is 1. The first-order chi connectivity index (χ1) is 15.4. The summed E-state index contributed by atoms with van der Waals surface area (Å²) in [6.07, 6.45) is 0.813. The fourth-order valence-corrected chi connectivity index (χ4v) is 3.50. The Labute approximate surface area is 194 Å². The monoisotopic (exact) mass is 452 g/mol. The average Bonchev–Trinajstić information content (AvgIpc) is 2.81. The molecule has 0 saturated heterocycles. The topological polar surface area (TPSA) is 58.6 Å². The van der Waals surface area contributed by atoms with Gasteiger partial charge in [0.15, 0.2) is 6.61 Å². The first kappa shape index (κ1) is 23.6.